The first-order chi connectivity index (χ1) is 6.25. The Morgan fingerprint density at radius 3 is 2.85 bits per heavy atom. The Balaban J connectivity index is 2.02. The Morgan fingerprint density at radius 1 is 1.62 bits per heavy atom. The molecule has 1 rings (SSSR count). The Morgan fingerprint density at radius 2 is 2.31 bits per heavy atom. The highest BCUT2D eigenvalue weighted by Gasteiger charge is 2.28. The van der Waals surface area contributed by atoms with Crippen molar-refractivity contribution in [1.29, 1.82) is 0 Å². The fourth-order valence-electron chi connectivity index (χ4n) is 1.19. The maximum Gasteiger partial charge on any atom is 0.236 e. The largest absolute Gasteiger partial charge is 0.396 e. The standard InChI is InChI=1S/C9H18N2O2/c1-11(8-3-4-8)9(13)7-10-5-2-6-12/h8,10,12H,2-7H2,1H3. The zero-order valence-corrected chi connectivity index (χ0v) is 8.12. The van der Waals surface area contributed by atoms with Crippen LogP contribution in [-0.2, 0) is 4.79 Å². The van der Waals surface area contributed by atoms with E-state index in [9.17, 15) is 4.79 Å². The summed E-state index contributed by atoms with van der Waals surface area (Å²) in [6, 6.07) is 0.493. The number of nitrogens with zero attached hydrogens (tertiary/aromatic N) is 1. The van der Waals surface area contributed by atoms with E-state index in [0.717, 1.165) is 12.8 Å². The van der Waals surface area contributed by atoms with E-state index < -0.39 is 0 Å². The van der Waals surface area contributed by atoms with Gasteiger partial charge in [0.2, 0.25) is 5.91 Å². The fraction of sp³-hybridized carbons (Fsp3) is 0.889. The minimum absolute atomic E-state index is 0.153. The predicted molar refractivity (Wildman–Crippen MR) is 50.4 cm³/mol. The summed E-state index contributed by atoms with van der Waals surface area (Å²) in [6.45, 7) is 1.29. The number of aliphatic hydroxyl groups excluding tert-OH is 1. The van der Waals surface area contributed by atoms with Gasteiger partial charge >= 0.3 is 0 Å². The first-order valence-electron chi connectivity index (χ1n) is 4.83. The average Bonchev–Trinajstić information content (AvgIpc) is 2.94. The van der Waals surface area contributed by atoms with Crippen LogP contribution in [0.25, 0.3) is 0 Å². The van der Waals surface area contributed by atoms with Gasteiger partial charge in [0.25, 0.3) is 0 Å². The topological polar surface area (TPSA) is 52.6 Å². The molecule has 4 heteroatoms. The third-order valence-electron chi connectivity index (χ3n) is 2.28. The number of hydrogen-bond acceptors (Lipinski definition) is 3. The first-order valence-corrected chi connectivity index (χ1v) is 4.83. The van der Waals surface area contributed by atoms with Crippen LogP contribution in [0.5, 0.6) is 0 Å². The Bertz CT molecular complexity index is 169. The monoisotopic (exact) mass is 186 g/mol. The molecule has 1 aliphatic carbocycles. The molecule has 0 aromatic rings. The third-order valence-corrected chi connectivity index (χ3v) is 2.28. The first kappa shape index (κ1) is 10.5. The van der Waals surface area contributed by atoms with E-state index in [1.165, 1.54) is 0 Å². The van der Waals surface area contributed by atoms with Crippen LogP contribution in [0.3, 0.4) is 0 Å². The highest BCUT2D eigenvalue weighted by Crippen LogP contribution is 2.24. The normalized spacial score (nSPS) is 15.8. The number of nitrogens with one attached hydrogen (secondary N) is 1. The maximum atomic E-state index is 11.4. The van der Waals surface area contributed by atoms with Crippen molar-refractivity contribution in [2.24, 2.45) is 0 Å². The highest BCUT2D eigenvalue weighted by atomic mass is 16.3. The number of hydrogen-bond donors (Lipinski definition) is 2. The van der Waals surface area contributed by atoms with Gasteiger partial charge in [0, 0.05) is 19.7 Å². The van der Waals surface area contributed by atoms with Crippen LogP contribution in [0, 0.1) is 0 Å². The third kappa shape index (κ3) is 3.74. The molecule has 0 spiro atoms. The molecule has 13 heavy (non-hydrogen) atoms. The number of amides is 1. The van der Waals surface area contributed by atoms with Gasteiger partial charge in [-0.25, -0.2) is 0 Å². The van der Waals surface area contributed by atoms with Gasteiger partial charge in [-0.1, -0.05) is 0 Å². The van der Waals surface area contributed by atoms with Crippen molar-refractivity contribution in [3.05, 3.63) is 0 Å². The summed E-state index contributed by atoms with van der Waals surface area (Å²) in [5, 5.41) is 11.5. The van der Waals surface area contributed by atoms with Crippen molar-refractivity contribution in [3.63, 3.8) is 0 Å². The van der Waals surface area contributed by atoms with Gasteiger partial charge < -0.3 is 15.3 Å². The Hall–Kier alpha value is -0.610. The molecule has 0 aliphatic heterocycles. The molecule has 0 heterocycles. The summed E-state index contributed by atoms with van der Waals surface area (Å²) in [5.74, 6) is 0.153. The quantitative estimate of drug-likeness (QED) is 0.554. The van der Waals surface area contributed by atoms with Crippen molar-refractivity contribution in [2.45, 2.75) is 25.3 Å². The van der Waals surface area contributed by atoms with Gasteiger partial charge in [0.1, 0.15) is 0 Å². The summed E-state index contributed by atoms with van der Waals surface area (Å²) >= 11 is 0. The molecule has 0 saturated heterocycles. The molecule has 4 nitrogen and oxygen atoms in total. The van der Waals surface area contributed by atoms with Crippen LogP contribution in [0.2, 0.25) is 0 Å². The lowest BCUT2D eigenvalue weighted by atomic mass is 10.4. The lowest BCUT2D eigenvalue weighted by Crippen LogP contribution is -2.37. The molecule has 1 saturated carbocycles. The molecule has 1 aliphatic rings. The van der Waals surface area contributed by atoms with E-state index in [4.69, 9.17) is 5.11 Å². The Kier molecular flexibility index (Phi) is 4.18. The zero-order chi connectivity index (χ0) is 9.68. The predicted octanol–water partition coefficient (Wildman–Crippen LogP) is -0.421. The van der Waals surface area contributed by atoms with Gasteiger partial charge in [0.05, 0.1) is 6.54 Å². The van der Waals surface area contributed by atoms with E-state index in [1.54, 1.807) is 0 Å². The second kappa shape index (κ2) is 5.19. The second-order valence-corrected chi connectivity index (χ2v) is 3.49. The molecule has 0 unspecified atom stereocenters. The number of aliphatic hydroxyl groups is 1. The number of rotatable bonds is 6. The number of carbonyl (C=O) groups is 1. The SMILES string of the molecule is CN(C(=O)CNCCCO)C1CC1. The number of carbonyl (C=O) groups excluding carboxylic acids is 1. The van der Waals surface area contributed by atoms with Gasteiger partial charge in [-0.15, -0.1) is 0 Å². The smallest absolute Gasteiger partial charge is 0.236 e. The van der Waals surface area contributed by atoms with Gasteiger partial charge in [0.15, 0.2) is 0 Å². The van der Waals surface area contributed by atoms with Crippen LogP contribution < -0.4 is 5.32 Å². The lowest BCUT2D eigenvalue weighted by Gasteiger charge is -2.16. The highest BCUT2D eigenvalue weighted by molar-refractivity contribution is 5.78. The number of likely N-dealkylation sites (N-methyl/N-ethyl adjacent to an activating group) is 1. The van der Waals surface area contributed by atoms with Crippen molar-refractivity contribution >= 4 is 5.91 Å². The summed E-state index contributed by atoms with van der Waals surface area (Å²) in [5.41, 5.74) is 0. The Labute approximate surface area is 78.9 Å². The van der Waals surface area contributed by atoms with Crippen LogP contribution >= 0.6 is 0 Å². The molecule has 0 atom stereocenters. The molecule has 76 valence electrons. The molecule has 1 fully saturated rings. The van der Waals surface area contributed by atoms with Crippen LogP contribution in [-0.4, -0.2) is 48.7 Å². The minimum atomic E-state index is 0.153. The minimum Gasteiger partial charge on any atom is -0.396 e. The van der Waals surface area contributed by atoms with Crippen molar-refractivity contribution < 1.29 is 9.90 Å². The average molecular weight is 186 g/mol. The molecule has 2 N–H and O–H groups in total. The van der Waals surface area contributed by atoms with Gasteiger partial charge in [-0.3, -0.25) is 4.79 Å². The van der Waals surface area contributed by atoms with E-state index in [-0.39, 0.29) is 12.5 Å². The summed E-state index contributed by atoms with van der Waals surface area (Å²) < 4.78 is 0. The van der Waals surface area contributed by atoms with E-state index >= 15 is 0 Å². The van der Waals surface area contributed by atoms with Crippen LogP contribution in [0.4, 0.5) is 0 Å². The van der Waals surface area contributed by atoms with Crippen molar-refractivity contribution in [3.8, 4) is 0 Å². The summed E-state index contributed by atoms with van der Waals surface area (Å²) in [4.78, 5) is 13.2. The molecular weight excluding hydrogens is 168 g/mol. The molecular formula is C9H18N2O2. The maximum absolute atomic E-state index is 11.4. The van der Waals surface area contributed by atoms with Gasteiger partial charge in [-0.05, 0) is 25.8 Å². The lowest BCUT2D eigenvalue weighted by molar-refractivity contribution is -0.129. The van der Waals surface area contributed by atoms with E-state index in [2.05, 4.69) is 5.32 Å². The van der Waals surface area contributed by atoms with Crippen molar-refractivity contribution in [2.75, 3.05) is 26.7 Å². The van der Waals surface area contributed by atoms with E-state index in [0.29, 0.717) is 25.6 Å². The summed E-state index contributed by atoms with van der Waals surface area (Å²) in [7, 11) is 1.85. The summed E-state index contributed by atoms with van der Waals surface area (Å²) in [6.07, 6.45) is 3.01. The van der Waals surface area contributed by atoms with Crippen molar-refractivity contribution in [1.82, 2.24) is 10.2 Å². The van der Waals surface area contributed by atoms with Crippen LogP contribution in [0.15, 0.2) is 0 Å². The molecule has 0 bridgehead atoms. The molecule has 0 aromatic carbocycles. The van der Waals surface area contributed by atoms with Crippen LogP contribution in [0.1, 0.15) is 19.3 Å². The molecule has 0 aromatic heterocycles. The second-order valence-electron chi connectivity index (χ2n) is 3.49. The zero-order valence-electron chi connectivity index (χ0n) is 8.12. The molecule has 0 radical (unpaired) electrons. The molecule has 1 amide bonds. The fourth-order valence-corrected chi connectivity index (χ4v) is 1.19. The van der Waals surface area contributed by atoms with Gasteiger partial charge in [-0.2, -0.15) is 0 Å². The van der Waals surface area contributed by atoms with E-state index in [1.807, 2.05) is 11.9 Å².